The van der Waals surface area contributed by atoms with Crippen molar-refractivity contribution in [1.82, 2.24) is 0 Å². The van der Waals surface area contributed by atoms with Crippen molar-refractivity contribution >= 4 is 11.6 Å². The highest BCUT2D eigenvalue weighted by molar-refractivity contribution is 6.23. The lowest BCUT2D eigenvalue weighted by Gasteiger charge is -2.17. The molecule has 0 heterocycles. The monoisotopic (exact) mass is 188 g/mol. The van der Waals surface area contributed by atoms with Crippen molar-refractivity contribution in [3.05, 3.63) is 0 Å². The van der Waals surface area contributed by atoms with E-state index in [-0.39, 0.29) is 0 Å². The zero-order valence-electron chi connectivity index (χ0n) is 7.89. The molecule has 1 saturated carbocycles. The van der Waals surface area contributed by atoms with Crippen LogP contribution in [0.1, 0.15) is 46.0 Å². The van der Waals surface area contributed by atoms with Crippen LogP contribution in [0.3, 0.4) is 0 Å². The molecular formula is C9H17ClN2. The van der Waals surface area contributed by atoms with Gasteiger partial charge in [-0.15, -0.1) is 0 Å². The van der Waals surface area contributed by atoms with Crippen LogP contribution in [-0.4, -0.2) is 11.0 Å². The summed E-state index contributed by atoms with van der Waals surface area (Å²) in [6, 6.07) is 0.441. The van der Waals surface area contributed by atoms with E-state index >= 15 is 0 Å². The predicted octanol–water partition coefficient (Wildman–Crippen LogP) is 3.75. The van der Waals surface area contributed by atoms with E-state index in [0.29, 0.717) is 6.04 Å². The summed E-state index contributed by atoms with van der Waals surface area (Å²) in [6.45, 7) is 3.72. The van der Waals surface area contributed by atoms with Crippen LogP contribution in [0, 0.1) is 0 Å². The van der Waals surface area contributed by atoms with Gasteiger partial charge in [0.2, 0.25) is 0 Å². The average molecular weight is 189 g/mol. The molecule has 0 atom stereocenters. The van der Waals surface area contributed by atoms with Crippen LogP contribution in [-0.2, 0) is 0 Å². The molecule has 0 bridgehead atoms. The summed E-state index contributed by atoms with van der Waals surface area (Å²) in [5, 5.41) is 8.32. The molecule has 1 rings (SSSR count). The number of halogens is 1. The van der Waals surface area contributed by atoms with E-state index in [1.807, 2.05) is 13.8 Å². The Bertz CT molecular complexity index is 154. The number of hydrogen-bond acceptors (Lipinski definition) is 2. The van der Waals surface area contributed by atoms with Gasteiger partial charge in [0.1, 0.15) is 5.00 Å². The molecule has 0 amide bonds. The zero-order valence-corrected chi connectivity index (χ0v) is 8.64. The largest absolute Gasteiger partial charge is 0.189 e. The van der Waals surface area contributed by atoms with E-state index < -0.39 is 5.00 Å². The third-order valence-corrected chi connectivity index (χ3v) is 2.11. The first-order valence-electron chi connectivity index (χ1n) is 4.69. The average Bonchev–Trinajstić information content (AvgIpc) is 2.02. The first kappa shape index (κ1) is 9.97. The molecule has 12 heavy (non-hydrogen) atoms. The van der Waals surface area contributed by atoms with Crippen LogP contribution in [0.4, 0.5) is 0 Å². The molecule has 0 aromatic rings. The maximum absolute atomic E-state index is 5.89. The van der Waals surface area contributed by atoms with Crippen molar-refractivity contribution in [2.45, 2.75) is 57.0 Å². The maximum atomic E-state index is 5.89. The smallest absolute Gasteiger partial charge is 0.149 e. The van der Waals surface area contributed by atoms with Gasteiger partial charge in [0.05, 0.1) is 6.04 Å². The van der Waals surface area contributed by atoms with E-state index in [1.54, 1.807) is 0 Å². The molecular weight excluding hydrogens is 172 g/mol. The van der Waals surface area contributed by atoms with Crippen molar-refractivity contribution in [3.8, 4) is 0 Å². The third-order valence-electron chi connectivity index (χ3n) is 2.03. The Kier molecular flexibility index (Phi) is 3.51. The van der Waals surface area contributed by atoms with Gasteiger partial charge in [0.25, 0.3) is 0 Å². The van der Waals surface area contributed by atoms with Gasteiger partial charge in [0.15, 0.2) is 0 Å². The molecule has 0 radical (unpaired) electrons. The van der Waals surface area contributed by atoms with Gasteiger partial charge in [-0.1, -0.05) is 30.9 Å². The van der Waals surface area contributed by atoms with Gasteiger partial charge in [-0.25, -0.2) is 0 Å². The second-order valence-electron chi connectivity index (χ2n) is 3.92. The van der Waals surface area contributed by atoms with Crippen LogP contribution in [0.5, 0.6) is 0 Å². The Morgan fingerprint density at radius 3 is 2.25 bits per heavy atom. The molecule has 2 nitrogen and oxygen atoms in total. The second-order valence-corrected chi connectivity index (χ2v) is 4.84. The fourth-order valence-electron chi connectivity index (χ4n) is 1.42. The Morgan fingerprint density at radius 1 is 1.17 bits per heavy atom. The zero-order chi connectivity index (χ0) is 9.03. The lowest BCUT2D eigenvalue weighted by Crippen LogP contribution is -2.11. The molecule has 0 aromatic heterocycles. The quantitative estimate of drug-likeness (QED) is 0.358. The summed E-state index contributed by atoms with van der Waals surface area (Å²) in [4.78, 5) is -0.516. The predicted molar refractivity (Wildman–Crippen MR) is 51.7 cm³/mol. The van der Waals surface area contributed by atoms with E-state index in [2.05, 4.69) is 10.2 Å². The van der Waals surface area contributed by atoms with Crippen molar-refractivity contribution < 1.29 is 0 Å². The fourth-order valence-corrected chi connectivity index (χ4v) is 1.46. The standard InChI is InChI=1S/C9H17ClN2/c1-9(2,10)12-11-8-6-4-3-5-7-8/h8H,3-7H2,1-2H3. The topological polar surface area (TPSA) is 24.7 Å². The van der Waals surface area contributed by atoms with Gasteiger partial charge < -0.3 is 0 Å². The summed E-state index contributed by atoms with van der Waals surface area (Å²) >= 11 is 5.89. The molecule has 1 aliphatic carbocycles. The molecule has 0 spiro atoms. The third kappa shape index (κ3) is 4.05. The number of nitrogens with zero attached hydrogens (tertiary/aromatic N) is 2. The molecule has 0 saturated heterocycles. The van der Waals surface area contributed by atoms with Gasteiger partial charge in [-0.2, -0.15) is 10.2 Å². The van der Waals surface area contributed by atoms with Crippen molar-refractivity contribution in [2.75, 3.05) is 0 Å². The number of rotatable bonds is 2. The summed E-state index contributed by atoms with van der Waals surface area (Å²) in [5.41, 5.74) is 0. The van der Waals surface area contributed by atoms with Crippen LogP contribution in [0.25, 0.3) is 0 Å². The van der Waals surface area contributed by atoms with Gasteiger partial charge in [-0.3, -0.25) is 0 Å². The van der Waals surface area contributed by atoms with Crippen LogP contribution in [0.15, 0.2) is 10.2 Å². The van der Waals surface area contributed by atoms with E-state index in [1.165, 1.54) is 32.1 Å². The van der Waals surface area contributed by atoms with E-state index in [0.717, 1.165) is 0 Å². The Morgan fingerprint density at radius 2 is 1.75 bits per heavy atom. The number of alkyl halides is 1. The maximum Gasteiger partial charge on any atom is 0.149 e. The summed E-state index contributed by atoms with van der Waals surface area (Å²) < 4.78 is 0. The minimum atomic E-state index is -0.516. The number of hydrogen-bond donors (Lipinski definition) is 0. The molecule has 3 heteroatoms. The first-order chi connectivity index (χ1) is 5.58. The summed E-state index contributed by atoms with van der Waals surface area (Å²) in [7, 11) is 0. The van der Waals surface area contributed by atoms with Gasteiger partial charge in [0, 0.05) is 0 Å². The minimum absolute atomic E-state index is 0.441. The lowest BCUT2D eigenvalue weighted by molar-refractivity contribution is 0.421. The molecule has 0 aliphatic heterocycles. The van der Waals surface area contributed by atoms with Gasteiger partial charge in [-0.05, 0) is 26.7 Å². The Balaban J connectivity index is 2.33. The Labute approximate surface area is 79.4 Å². The van der Waals surface area contributed by atoms with Crippen molar-refractivity contribution in [3.63, 3.8) is 0 Å². The van der Waals surface area contributed by atoms with Crippen LogP contribution >= 0.6 is 11.6 Å². The molecule has 0 unspecified atom stereocenters. The molecule has 0 N–H and O–H groups in total. The molecule has 0 aromatic carbocycles. The molecule has 1 fully saturated rings. The normalized spacial score (nSPS) is 21.9. The van der Waals surface area contributed by atoms with Crippen LogP contribution < -0.4 is 0 Å². The highest BCUT2D eigenvalue weighted by Gasteiger charge is 2.15. The van der Waals surface area contributed by atoms with Crippen molar-refractivity contribution in [1.29, 1.82) is 0 Å². The summed E-state index contributed by atoms with van der Waals surface area (Å²) in [5.74, 6) is 0. The number of azo groups is 1. The highest BCUT2D eigenvalue weighted by Crippen LogP contribution is 2.23. The Hall–Kier alpha value is -0.110. The lowest BCUT2D eigenvalue weighted by atomic mass is 9.96. The molecule has 70 valence electrons. The SMILES string of the molecule is CC(C)(Cl)N=NC1CCCCC1. The summed E-state index contributed by atoms with van der Waals surface area (Å²) in [6.07, 6.45) is 6.34. The minimum Gasteiger partial charge on any atom is -0.189 e. The highest BCUT2D eigenvalue weighted by atomic mass is 35.5. The molecule has 1 aliphatic rings. The fraction of sp³-hybridized carbons (Fsp3) is 1.00. The van der Waals surface area contributed by atoms with E-state index in [9.17, 15) is 0 Å². The van der Waals surface area contributed by atoms with Crippen molar-refractivity contribution in [2.24, 2.45) is 10.2 Å². The second kappa shape index (κ2) is 4.22. The van der Waals surface area contributed by atoms with E-state index in [4.69, 9.17) is 11.6 Å². The van der Waals surface area contributed by atoms with Crippen LogP contribution in [0.2, 0.25) is 0 Å². The first-order valence-corrected chi connectivity index (χ1v) is 5.07. The van der Waals surface area contributed by atoms with Gasteiger partial charge >= 0.3 is 0 Å².